The smallest absolute Gasteiger partial charge is 0.245 e. The van der Waals surface area contributed by atoms with Crippen molar-refractivity contribution < 1.29 is 13.2 Å². The highest BCUT2D eigenvalue weighted by Gasteiger charge is 2.48. The number of piperidine rings is 1. The molecule has 8 heteroatoms. The van der Waals surface area contributed by atoms with Crippen molar-refractivity contribution in [1.82, 2.24) is 10.3 Å². The number of carbonyl (C=O) groups excluding carboxylic acids is 1. The van der Waals surface area contributed by atoms with Crippen LogP contribution >= 0.6 is 0 Å². The predicted octanol–water partition coefficient (Wildman–Crippen LogP) is 1.03. The highest BCUT2D eigenvalue weighted by molar-refractivity contribution is 7.92. The lowest BCUT2D eigenvalue weighted by atomic mass is 9.96. The summed E-state index contributed by atoms with van der Waals surface area (Å²) in [7, 11) is -3.52. The molecule has 24 heavy (non-hydrogen) atoms. The molecule has 2 heterocycles. The first-order valence-corrected chi connectivity index (χ1v) is 10.2. The summed E-state index contributed by atoms with van der Waals surface area (Å²) in [6.07, 6.45) is 3.27. The van der Waals surface area contributed by atoms with Crippen LogP contribution in [0.25, 0.3) is 0 Å². The van der Waals surface area contributed by atoms with Gasteiger partial charge in [-0.15, -0.1) is 0 Å². The second-order valence-corrected chi connectivity index (χ2v) is 8.37. The molecule has 1 aromatic rings. The minimum absolute atomic E-state index is 0.280. The van der Waals surface area contributed by atoms with Gasteiger partial charge in [-0.3, -0.25) is 4.79 Å². The van der Waals surface area contributed by atoms with E-state index >= 15 is 0 Å². The van der Waals surface area contributed by atoms with Crippen LogP contribution in [0.15, 0.2) is 18.3 Å². The fraction of sp³-hybridized carbons (Fsp3) is 0.625. The number of sulfone groups is 1. The number of hydrogen-bond acceptors (Lipinski definition) is 6. The molecule has 1 amide bonds. The van der Waals surface area contributed by atoms with Crippen molar-refractivity contribution >= 4 is 27.2 Å². The van der Waals surface area contributed by atoms with Crippen molar-refractivity contribution in [2.24, 2.45) is 0 Å². The Morgan fingerprint density at radius 1 is 1.29 bits per heavy atom. The van der Waals surface area contributed by atoms with Gasteiger partial charge in [0, 0.05) is 19.3 Å². The molecule has 1 saturated heterocycles. The van der Waals surface area contributed by atoms with Crippen molar-refractivity contribution in [3.8, 4) is 0 Å². The number of rotatable bonds is 6. The first-order chi connectivity index (χ1) is 11.3. The molecule has 1 aromatic heterocycles. The fourth-order valence-corrected chi connectivity index (χ4v) is 4.37. The molecule has 7 nitrogen and oxygen atoms in total. The molecule has 1 aliphatic heterocycles. The molecular weight excluding hydrogens is 328 g/mol. The summed E-state index contributed by atoms with van der Waals surface area (Å²) in [4.78, 5) is 19.2. The van der Waals surface area contributed by atoms with E-state index in [4.69, 9.17) is 0 Å². The third-order valence-corrected chi connectivity index (χ3v) is 6.64. The first kappa shape index (κ1) is 18.7. The van der Waals surface area contributed by atoms with Crippen LogP contribution in [0.1, 0.15) is 26.7 Å². The highest BCUT2D eigenvalue weighted by Crippen LogP contribution is 2.29. The van der Waals surface area contributed by atoms with Gasteiger partial charge < -0.3 is 15.5 Å². The molecule has 0 aromatic carbocycles. The summed E-state index contributed by atoms with van der Waals surface area (Å²) < 4.78 is 23.1. The normalized spacial score (nSPS) is 17.3. The lowest BCUT2D eigenvalue weighted by Crippen LogP contribution is -2.55. The number of anilines is 2. The van der Waals surface area contributed by atoms with Crippen LogP contribution in [0.3, 0.4) is 0 Å². The molecule has 0 spiro atoms. The molecular formula is C16H26N4O3S. The second-order valence-electron chi connectivity index (χ2n) is 6.05. The zero-order chi connectivity index (χ0) is 17.8. The summed E-state index contributed by atoms with van der Waals surface area (Å²) in [6.45, 7) is 6.82. The van der Waals surface area contributed by atoms with Gasteiger partial charge in [-0.25, -0.2) is 13.4 Å². The van der Waals surface area contributed by atoms with E-state index in [2.05, 4.69) is 20.5 Å². The molecule has 0 unspecified atom stereocenters. The molecule has 0 bridgehead atoms. The van der Waals surface area contributed by atoms with Gasteiger partial charge in [-0.2, -0.15) is 0 Å². The minimum Gasteiger partial charge on any atom is -0.357 e. The van der Waals surface area contributed by atoms with Crippen LogP contribution < -0.4 is 15.5 Å². The number of hydrogen-bond donors (Lipinski definition) is 2. The maximum absolute atomic E-state index is 12.7. The lowest BCUT2D eigenvalue weighted by molar-refractivity contribution is -0.119. The third-order valence-electron chi connectivity index (χ3n) is 4.63. The van der Waals surface area contributed by atoms with Crippen LogP contribution in [-0.2, 0) is 14.6 Å². The maximum atomic E-state index is 12.7. The molecule has 0 saturated carbocycles. The SMILES string of the molecule is CCN(CC)c1ccc(NC(=O)C2(S(C)(=O)=O)CCNCC2)cn1. The Kier molecular flexibility index (Phi) is 5.82. The summed E-state index contributed by atoms with van der Waals surface area (Å²) in [6, 6.07) is 3.59. The quantitative estimate of drug-likeness (QED) is 0.793. The number of amides is 1. The molecule has 2 N–H and O–H groups in total. The monoisotopic (exact) mass is 354 g/mol. The van der Waals surface area contributed by atoms with Gasteiger partial charge in [-0.05, 0) is 51.9 Å². The van der Waals surface area contributed by atoms with Gasteiger partial charge in [0.05, 0.1) is 11.9 Å². The minimum atomic E-state index is -3.52. The van der Waals surface area contributed by atoms with E-state index in [1.165, 1.54) is 0 Å². The summed E-state index contributed by atoms with van der Waals surface area (Å²) in [5, 5.41) is 5.84. The van der Waals surface area contributed by atoms with Gasteiger partial charge in [-0.1, -0.05) is 0 Å². The average Bonchev–Trinajstić information content (AvgIpc) is 2.57. The van der Waals surface area contributed by atoms with Crippen LogP contribution in [0.2, 0.25) is 0 Å². The highest BCUT2D eigenvalue weighted by atomic mass is 32.2. The van der Waals surface area contributed by atoms with Crippen molar-refractivity contribution in [2.45, 2.75) is 31.4 Å². The topological polar surface area (TPSA) is 91.4 Å². The fourth-order valence-electron chi connectivity index (χ4n) is 3.04. The van der Waals surface area contributed by atoms with Crippen LogP contribution in [0, 0.1) is 0 Å². The Morgan fingerprint density at radius 2 is 1.92 bits per heavy atom. The van der Waals surface area contributed by atoms with Gasteiger partial charge in [0.1, 0.15) is 5.82 Å². The number of carbonyl (C=O) groups is 1. The molecule has 0 aliphatic carbocycles. The molecule has 134 valence electrons. The van der Waals surface area contributed by atoms with E-state index in [-0.39, 0.29) is 12.8 Å². The maximum Gasteiger partial charge on any atom is 0.245 e. The van der Waals surface area contributed by atoms with E-state index in [0.717, 1.165) is 25.2 Å². The number of aromatic nitrogens is 1. The van der Waals surface area contributed by atoms with E-state index in [1.54, 1.807) is 12.3 Å². The van der Waals surface area contributed by atoms with Gasteiger partial charge in [0.25, 0.3) is 0 Å². The van der Waals surface area contributed by atoms with Crippen molar-refractivity contribution in [1.29, 1.82) is 0 Å². The largest absolute Gasteiger partial charge is 0.357 e. The van der Waals surface area contributed by atoms with Gasteiger partial charge in [0.15, 0.2) is 14.6 Å². The van der Waals surface area contributed by atoms with E-state index < -0.39 is 20.5 Å². The average molecular weight is 354 g/mol. The Labute approximate surface area is 143 Å². The summed E-state index contributed by atoms with van der Waals surface area (Å²) >= 11 is 0. The van der Waals surface area contributed by atoms with Gasteiger partial charge in [0.2, 0.25) is 5.91 Å². The van der Waals surface area contributed by atoms with E-state index in [0.29, 0.717) is 18.8 Å². The standard InChI is InChI=1S/C16H26N4O3S/c1-4-20(5-2)14-7-6-13(12-18-14)19-15(21)16(24(3,22)23)8-10-17-11-9-16/h6-7,12,17H,4-5,8-11H2,1-3H3,(H,19,21). The molecule has 0 radical (unpaired) electrons. The molecule has 0 atom stereocenters. The van der Waals surface area contributed by atoms with E-state index in [1.807, 2.05) is 19.9 Å². The zero-order valence-corrected chi connectivity index (χ0v) is 15.3. The number of pyridine rings is 1. The summed E-state index contributed by atoms with van der Waals surface area (Å²) in [5.74, 6) is 0.363. The lowest BCUT2D eigenvalue weighted by Gasteiger charge is -2.34. The van der Waals surface area contributed by atoms with Crippen molar-refractivity contribution in [2.75, 3.05) is 42.7 Å². The number of nitrogens with one attached hydrogen (secondary N) is 2. The Balaban J connectivity index is 2.18. The van der Waals surface area contributed by atoms with Crippen molar-refractivity contribution in [3.63, 3.8) is 0 Å². The summed E-state index contributed by atoms with van der Waals surface area (Å²) in [5.41, 5.74) is 0.512. The number of nitrogens with zero attached hydrogens (tertiary/aromatic N) is 2. The van der Waals surface area contributed by atoms with Crippen LogP contribution in [0.5, 0.6) is 0 Å². The van der Waals surface area contributed by atoms with Crippen LogP contribution in [-0.4, -0.2) is 56.5 Å². The van der Waals surface area contributed by atoms with Gasteiger partial charge >= 0.3 is 0 Å². The third kappa shape index (κ3) is 3.70. The Morgan fingerprint density at radius 3 is 2.38 bits per heavy atom. The van der Waals surface area contributed by atoms with Crippen molar-refractivity contribution in [3.05, 3.63) is 18.3 Å². The first-order valence-electron chi connectivity index (χ1n) is 8.27. The zero-order valence-electron chi connectivity index (χ0n) is 14.5. The molecule has 1 aliphatic rings. The van der Waals surface area contributed by atoms with E-state index in [9.17, 15) is 13.2 Å². The molecule has 1 fully saturated rings. The Hall–Kier alpha value is -1.67. The Bertz CT molecular complexity index is 663. The molecule has 2 rings (SSSR count). The predicted molar refractivity (Wildman–Crippen MR) is 96.1 cm³/mol. The van der Waals surface area contributed by atoms with Crippen LogP contribution in [0.4, 0.5) is 11.5 Å². The second kappa shape index (κ2) is 7.48.